The fourth-order valence-electron chi connectivity index (χ4n) is 3.65. The number of carboxylic acids is 1. The molecule has 2 atom stereocenters. The fraction of sp³-hybridized carbons (Fsp3) is 0.308. The van der Waals surface area contributed by atoms with Crippen LogP contribution in [0.4, 0.5) is 0 Å². The lowest BCUT2D eigenvalue weighted by atomic mass is 9.91. The van der Waals surface area contributed by atoms with Gasteiger partial charge in [0.15, 0.2) is 11.4 Å². The van der Waals surface area contributed by atoms with Crippen LogP contribution in [0.5, 0.6) is 0 Å². The number of carboxylic acid groups (broad SMARTS) is 1. The monoisotopic (exact) mass is 488 g/mol. The van der Waals surface area contributed by atoms with Crippen molar-refractivity contribution in [2.75, 3.05) is 6.61 Å². The van der Waals surface area contributed by atoms with Gasteiger partial charge in [-0.15, -0.1) is 0 Å². The molecule has 2 aromatic rings. The molecular weight excluding hydrogens is 460 g/mol. The smallest absolute Gasteiger partial charge is 0.335 e. The summed E-state index contributed by atoms with van der Waals surface area (Å²) in [5.41, 5.74) is 0.151. The van der Waals surface area contributed by atoms with Crippen LogP contribution in [-0.4, -0.2) is 29.1 Å². The third-order valence-electron chi connectivity index (χ3n) is 5.60. The van der Waals surface area contributed by atoms with Gasteiger partial charge in [0.05, 0.1) is 5.02 Å². The molecule has 7 heteroatoms. The van der Waals surface area contributed by atoms with Crippen LogP contribution < -0.4 is 0 Å². The molecule has 0 aliphatic carbocycles. The Morgan fingerprint density at radius 1 is 1.12 bits per heavy atom. The quantitative estimate of drug-likeness (QED) is 0.263. The van der Waals surface area contributed by atoms with E-state index in [4.69, 9.17) is 21.1 Å². The molecule has 0 radical (unpaired) electrons. The van der Waals surface area contributed by atoms with Crippen LogP contribution in [0.1, 0.15) is 49.0 Å². The summed E-state index contributed by atoms with van der Waals surface area (Å²) in [7, 11) is -0.712. The Labute approximate surface area is 202 Å². The molecule has 0 aromatic heterocycles. The highest BCUT2D eigenvalue weighted by Gasteiger charge is 2.37. The number of aliphatic carboxylic acids is 1. The van der Waals surface area contributed by atoms with Crippen molar-refractivity contribution in [2.24, 2.45) is 0 Å². The Kier molecular flexibility index (Phi) is 8.78. The number of ether oxygens (including phenoxy) is 2. The number of allylic oxidation sites excluding steroid dienone is 1. The molecule has 3 rings (SSSR count). The van der Waals surface area contributed by atoms with Gasteiger partial charge < -0.3 is 14.6 Å². The van der Waals surface area contributed by atoms with Crippen molar-refractivity contribution in [3.8, 4) is 0 Å². The lowest BCUT2D eigenvalue weighted by molar-refractivity contribution is -0.167. The second-order valence-corrected chi connectivity index (χ2v) is 10.00. The second kappa shape index (κ2) is 11.5. The van der Waals surface area contributed by atoms with E-state index in [2.05, 4.69) is 10.8 Å². The van der Waals surface area contributed by atoms with Gasteiger partial charge in [-0.2, -0.15) is 10.9 Å². The minimum absolute atomic E-state index is 0.0469. The summed E-state index contributed by atoms with van der Waals surface area (Å²) in [5.74, 6) is -0.418. The zero-order valence-electron chi connectivity index (χ0n) is 18.8. The van der Waals surface area contributed by atoms with Gasteiger partial charge in [0.25, 0.3) is 0 Å². The minimum atomic E-state index is -1.35. The maximum absolute atomic E-state index is 12.8. The minimum Gasteiger partial charge on any atom is -0.488 e. The largest absolute Gasteiger partial charge is 0.488 e. The molecule has 0 saturated carbocycles. The number of rotatable bonds is 12. The first-order valence-electron chi connectivity index (χ1n) is 10.9. The number of carbonyl (C=O) groups is 2. The van der Waals surface area contributed by atoms with Gasteiger partial charge in [-0.05, 0) is 59.9 Å². The fourth-order valence-corrected chi connectivity index (χ4v) is 5.69. The first kappa shape index (κ1) is 25.1. The zero-order chi connectivity index (χ0) is 23.8. The van der Waals surface area contributed by atoms with Gasteiger partial charge in [0.2, 0.25) is 0 Å². The van der Waals surface area contributed by atoms with E-state index in [-0.39, 0.29) is 31.7 Å². The van der Waals surface area contributed by atoms with E-state index in [0.717, 1.165) is 16.2 Å². The summed E-state index contributed by atoms with van der Waals surface area (Å²) in [6.45, 7) is 4.27. The van der Waals surface area contributed by atoms with Crippen molar-refractivity contribution in [1.29, 1.82) is 0 Å². The number of carbonyl (C=O) groups excluding carboxylic acids is 1. The van der Waals surface area contributed by atoms with Crippen LogP contribution in [0.2, 0.25) is 5.02 Å². The van der Waals surface area contributed by atoms with Crippen LogP contribution in [0.25, 0.3) is 0 Å². The predicted octanol–water partition coefficient (Wildman–Crippen LogP) is 6.52. The molecule has 0 fully saturated rings. The van der Waals surface area contributed by atoms with Crippen LogP contribution in [0.3, 0.4) is 0 Å². The van der Waals surface area contributed by atoms with E-state index in [1.165, 1.54) is 0 Å². The first-order valence-corrected chi connectivity index (χ1v) is 12.8. The van der Waals surface area contributed by atoms with E-state index >= 15 is 0 Å². The number of benzene rings is 2. The molecule has 176 valence electrons. The summed E-state index contributed by atoms with van der Waals surface area (Å²) in [6, 6.07) is 15.4. The molecule has 0 bridgehead atoms. The van der Waals surface area contributed by atoms with E-state index in [0.29, 0.717) is 17.2 Å². The highest BCUT2D eigenvalue weighted by atomic mass is 35.5. The number of hydrogen-bond donors (Lipinski definition) is 2. The number of Topliss-reactive ketones (excluding diaryl/α,β-unsaturated/α-hetero) is 1. The van der Waals surface area contributed by atoms with Crippen LogP contribution >= 0.6 is 22.5 Å². The van der Waals surface area contributed by atoms with E-state index in [1.54, 1.807) is 19.9 Å². The average Bonchev–Trinajstić information content (AvgIpc) is 3.30. The van der Waals surface area contributed by atoms with Gasteiger partial charge in [0, 0.05) is 24.0 Å². The lowest BCUT2D eigenvalue weighted by Crippen LogP contribution is -2.41. The predicted molar refractivity (Wildman–Crippen MR) is 133 cm³/mol. The van der Waals surface area contributed by atoms with Crippen molar-refractivity contribution in [1.82, 2.24) is 0 Å². The van der Waals surface area contributed by atoms with Crippen LogP contribution in [-0.2, 0) is 20.9 Å². The third kappa shape index (κ3) is 6.28. The lowest BCUT2D eigenvalue weighted by Gasteiger charge is -2.27. The van der Waals surface area contributed by atoms with Gasteiger partial charge >= 0.3 is 5.97 Å². The Hall–Kier alpha value is -2.54. The first-order chi connectivity index (χ1) is 15.9. The van der Waals surface area contributed by atoms with Crippen molar-refractivity contribution in [2.45, 2.75) is 50.2 Å². The van der Waals surface area contributed by atoms with Crippen molar-refractivity contribution in [3.05, 3.63) is 87.3 Å². The van der Waals surface area contributed by atoms with E-state index in [9.17, 15) is 14.7 Å². The van der Waals surface area contributed by atoms with E-state index < -0.39 is 22.5 Å². The van der Waals surface area contributed by atoms with Gasteiger partial charge in [-0.3, -0.25) is 4.79 Å². The second-order valence-electron chi connectivity index (χ2n) is 7.70. The van der Waals surface area contributed by atoms with Crippen LogP contribution in [0.15, 0.2) is 76.1 Å². The zero-order valence-corrected chi connectivity index (χ0v) is 20.4. The Morgan fingerprint density at radius 2 is 1.88 bits per heavy atom. The van der Waals surface area contributed by atoms with Crippen LogP contribution in [0, 0.1) is 0 Å². The Bertz CT molecular complexity index is 1050. The maximum Gasteiger partial charge on any atom is 0.335 e. The number of ketones is 1. The highest BCUT2D eigenvalue weighted by Crippen LogP contribution is 2.45. The van der Waals surface area contributed by atoms with Crippen molar-refractivity contribution >= 4 is 34.2 Å². The Balaban J connectivity index is 1.64. The molecule has 2 unspecified atom stereocenters. The molecular formula is C26H29ClO5S. The molecule has 1 N–H and O–H groups in total. The number of thiol groups is 1. The van der Waals surface area contributed by atoms with E-state index in [1.807, 2.05) is 48.5 Å². The third-order valence-corrected chi connectivity index (χ3v) is 7.79. The molecule has 0 saturated heterocycles. The molecule has 5 nitrogen and oxygen atoms in total. The maximum atomic E-state index is 12.8. The summed E-state index contributed by atoms with van der Waals surface area (Å²) < 4.78 is 11.4. The van der Waals surface area contributed by atoms with Gasteiger partial charge in [-0.1, -0.05) is 48.9 Å². The summed E-state index contributed by atoms with van der Waals surface area (Å²) >= 11 is 6.45. The molecule has 1 aliphatic heterocycles. The SMILES string of the molecule is CCOC(CC)(CCC(=O)c1ccc([SH]2C=CC(OCc3ccccc3)=C2)cc1Cl)C(=O)O. The molecule has 1 heterocycles. The van der Waals surface area contributed by atoms with Crippen molar-refractivity contribution in [3.63, 3.8) is 0 Å². The summed E-state index contributed by atoms with van der Waals surface area (Å²) in [6.07, 6.45) is 2.40. The highest BCUT2D eigenvalue weighted by molar-refractivity contribution is 8.22. The normalized spacial score (nSPS) is 17.9. The molecule has 2 aromatic carbocycles. The standard InChI is InChI=1S/C26H29ClO5S/c1-3-26(25(29)30,32-4-2)14-12-24(28)22-11-10-21(16-23(22)27)33-15-13-20(18-33)31-17-19-8-6-5-7-9-19/h5-11,13,15-16,18,33H,3-4,12,14,17H2,1-2H3,(H,29,30). The van der Waals surface area contributed by atoms with Gasteiger partial charge in [-0.25, -0.2) is 4.79 Å². The molecule has 0 spiro atoms. The Morgan fingerprint density at radius 3 is 2.52 bits per heavy atom. The average molecular weight is 489 g/mol. The molecule has 33 heavy (non-hydrogen) atoms. The summed E-state index contributed by atoms with van der Waals surface area (Å²) in [5, 5.41) is 14.1. The topological polar surface area (TPSA) is 72.8 Å². The molecule has 0 amide bonds. The van der Waals surface area contributed by atoms with Gasteiger partial charge in [0.1, 0.15) is 12.4 Å². The number of hydrogen-bond acceptors (Lipinski definition) is 4. The number of halogens is 1. The van der Waals surface area contributed by atoms with Crippen molar-refractivity contribution < 1.29 is 24.2 Å². The summed E-state index contributed by atoms with van der Waals surface area (Å²) in [4.78, 5) is 25.5. The molecule has 1 aliphatic rings.